The Morgan fingerprint density at radius 2 is 2.14 bits per heavy atom. The zero-order chi connectivity index (χ0) is 25.9. The highest BCUT2D eigenvalue weighted by Crippen LogP contribution is 2.33. The maximum atomic E-state index is 14.0. The predicted octanol–water partition coefficient (Wildman–Crippen LogP) is 4.11. The summed E-state index contributed by atoms with van der Waals surface area (Å²) in [6.45, 7) is 1.11. The number of carbonyl (C=O) groups excluding carboxylic acids is 1. The fraction of sp³-hybridized carbons (Fsp3) is 0.269. The number of hydrogen-bond donors (Lipinski definition) is 2. The molecule has 1 unspecified atom stereocenters. The number of benzene rings is 1. The second kappa shape index (κ2) is 10.7. The van der Waals surface area contributed by atoms with Crippen LogP contribution in [-0.4, -0.2) is 50.2 Å². The van der Waals surface area contributed by atoms with E-state index in [0.717, 1.165) is 16.8 Å². The second-order valence-electron chi connectivity index (χ2n) is 8.76. The lowest BCUT2D eigenvalue weighted by molar-refractivity contribution is 0.0386. The monoisotopic (exact) mass is 525 g/mol. The molecular weight excluding hydrogens is 501 g/mol. The Balaban J connectivity index is 1.44. The number of hydrogen-bond acceptors (Lipinski definition) is 7. The molecule has 1 aromatic carbocycles. The number of halogens is 2. The molecule has 0 fully saturated rings. The van der Waals surface area contributed by atoms with Crippen LogP contribution in [0.25, 0.3) is 11.1 Å². The Bertz CT molecular complexity index is 1410. The summed E-state index contributed by atoms with van der Waals surface area (Å²) in [6.07, 6.45) is 6.35. The Kier molecular flexibility index (Phi) is 7.22. The van der Waals surface area contributed by atoms with Crippen LogP contribution in [0.1, 0.15) is 27.3 Å². The van der Waals surface area contributed by atoms with Crippen LogP contribution in [0.4, 0.5) is 10.2 Å². The summed E-state index contributed by atoms with van der Waals surface area (Å²) in [4.78, 5) is 23.7. The van der Waals surface area contributed by atoms with Gasteiger partial charge in [0.2, 0.25) is 0 Å². The molecule has 2 N–H and O–H groups in total. The van der Waals surface area contributed by atoms with Gasteiger partial charge in [0.1, 0.15) is 23.6 Å². The van der Waals surface area contributed by atoms with Gasteiger partial charge in [0.15, 0.2) is 6.39 Å². The number of amides is 1. The number of aliphatic hydroxyl groups is 1. The summed E-state index contributed by atoms with van der Waals surface area (Å²) in [6, 6.07) is 7.51. The fourth-order valence-electron chi connectivity index (χ4n) is 4.50. The molecule has 192 valence electrons. The van der Waals surface area contributed by atoms with E-state index in [1.165, 1.54) is 24.6 Å². The molecule has 0 saturated heterocycles. The SMILES string of the molecule is COCC1Cn2cc(-c3cc(NCc4cocn4)ncc3Cl)cc2C(=O)N1Cc1cc(F)ccc1CO. The summed E-state index contributed by atoms with van der Waals surface area (Å²) >= 11 is 6.49. The van der Waals surface area contributed by atoms with Crippen molar-refractivity contribution in [2.45, 2.75) is 32.3 Å². The number of anilines is 1. The number of rotatable bonds is 9. The van der Waals surface area contributed by atoms with E-state index in [-0.39, 0.29) is 25.1 Å². The number of nitrogens with zero attached hydrogens (tertiary/aromatic N) is 4. The highest BCUT2D eigenvalue weighted by Gasteiger charge is 2.33. The third kappa shape index (κ3) is 5.22. The van der Waals surface area contributed by atoms with Gasteiger partial charge in [-0.25, -0.2) is 14.4 Å². The van der Waals surface area contributed by atoms with Crippen molar-refractivity contribution < 1.29 is 23.4 Å². The van der Waals surface area contributed by atoms with E-state index >= 15 is 0 Å². The zero-order valence-corrected chi connectivity index (χ0v) is 20.8. The fourth-order valence-corrected chi connectivity index (χ4v) is 4.72. The van der Waals surface area contributed by atoms with Crippen molar-refractivity contribution in [1.82, 2.24) is 19.4 Å². The lowest BCUT2D eigenvalue weighted by Gasteiger charge is -2.36. The van der Waals surface area contributed by atoms with Crippen molar-refractivity contribution in [2.24, 2.45) is 0 Å². The van der Waals surface area contributed by atoms with Crippen molar-refractivity contribution in [3.8, 4) is 11.1 Å². The third-order valence-corrected chi connectivity index (χ3v) is 6.66. The Morgan fingerprint density at radius 1 is 1.27 bits per heavy atom. The number of aliphatic hydroxyl groups excluding tert-OH is 1. The van der Waals surface area contributed by atoms with Gasteiger partial charge in [0.05, 0.1) is 36.5 Å². The molecule has 1 atom stereocenters. The first-order valence-corrected chi connectivity index (χ1v) is 12.0. The molecule has 4 aromatic rings. The number of ether oxygens (including phenoxy) is 1. The van der Waals surface area contributed by atoms with Gasteiger partial charge in [-0.15, -0.1) is 0 Å². The minimum absolute atomic E-state index is 0.146. The zero-order valence-electron chi connectivity index (χ0n) is 20.0. The van der Waals surface area contributed by atoms with Crippen molar-refractivity contribution in [2.75, 3.05) is 19.0 Å². The molecule has 0 saturated carbocycles. The van der Waals surface area contributed by atoms with Crippen LogP contribution in [0.5, 0.6) is 0 Å². The van der Waals surface area contributed by atoms with E-state index in [4.69, 9.17) is 20.8 Å². The van der Waals surface area contributed by atoms with Gasteiger partial charge in [-0.2, -0.15) is 0 Å². The number of fused-ring (bicyclic) bond motifs is 1. The van der Waals surface area contributed by atoms with Crippen molar-refractivity contribution in [3.05, 3.63) is 88.7 Å². The Labute approximate surface area is 217 Å². The first kappa shape index (κ1) is 24.9. The summed E-state index contributed by atoms with van der Waals surface area (Å²) in [7, 11) is 1.57. The number of oxazole rings is 1. The molecule has 1 aliphatic heterocycles. The molecule has 0 aliphatic carbocycles. The molecule has 0 spiro atoms. The first-order valence-electron chi connectivity index (χ1n) is 11.6. The molecule has 3 aromatic heterocycles. The predicted molar refractivity (Wildman–Crippen MR) is 134 cm³/mol. The molecule has 1 aliphatic rings. The van der Waals surface area contributed by atoms with Crippen molar-refractivity contribution >= 4 is 23.3 Å². The van der Waals surface area contributed by atoms with E-state index in [1.807, 2.05) is 16.8 Å². The lowest BCUT2D eigenvalue weighted by Crippen LogP contribution is -2.49. The largest absolute Gasteiger partial charge is 0.451 e. The van der Waals surface area contributed by atoms with Crippen molar-refractivity contribution in [3.63, 3.8) is 0 Å². The molecule has 37 heavy (non-hydrogen) atoms. The normalized spacial score (nSPS) is 15.2. The lowest BCUT2D eigenvalue weighted by atomic mass is 10.0. The van der Waals surface area contributed by atoms with Crippen LogP contribution >= 0.6 is 11.6 Å². The number of aromatic nitrogens is 3. The number of pyridine rings is 1. The van der Waals surface area contributed by atoms with Crippen LogP contribution < -0.4 is 5.32 Å². The van der Waals surface area contributed by atoms with E-state index in [0.29, 0.717) is 47.4 Å². The molecule has 4 heterocycles. The number of carbonyl (C=O) groups is 1. The average Bonchev–Trinajstić information content (AvgIpc) is 3.56. The van der Waals surface area contributed by atoms with E-state index in [1.54, 1.807) is 30.5 Å². The quantitative estimate of drug-likeness (QED) is 0.339. The van der Waals surface area contributed by atoms with Gasteiger partial charge in [-0.1, -0.05) is 17.7 Å². The molecule has 11 heteroatoms. The highest BCUT2D eigenvalue weighted by atomic mass is 35.5. The first-order chi connectivity index (χ1) is 18.0. The molecule has 5 rings (SSSR count). The van der Waals surface area contributed by atoms with E-state index in [2.05, 4.69) is 15.3 Å². The number of nitrogens with one attached hydrogen (secondary N) is 1. The summed E-state index contributed by atoms with van der Waals surface area (Å²) < 4.78 is 26.2. The smallest absolute Gasteiger partial charge is 0.271 e. The van der Waals surface area contributed by atoms with Crippen LogP contribution in [-0.2, 0) is 31.0 Å². The summed E-state index contributed by atoms with van der Waals surface area (Å²) in [5.74, 6) is -0.0485. The highest BCUT2D eigenvalue weighted by molar-refractivity contribution is 6.33. The maximum absolute atomic E-state index is 14.0. The van der Waals surface area contributed by atoms with Gasteiger partial charge < -0.3 is 29.0 Å². The van der Waals surface area contributed by atoms with Gasteiger partial charge >= 0.3 is 0 Å². The van der Waals surface area contributed by atoms with Crippen LogP contribution in [0.3, 0.4) is 0 Å². The molecular formula is C26H25ClFN5O4. The topological polar surface area (TPSA) is 106 Å². The maximum Gasteiger partial charge on any atom is 0.271 e. The summed E-state index contributed by atoms with van der Waals surface area (Å²) in [5, 5.41) is 13.3. The standard InChI is InChI=1S/C26H25ClFN5O4/c1-36-14-21-11-32-9-18(22-6-25(30-8-23(22)27)29-7-20-13-37-15-31-20)5-24(32)26(35)33(21)10-17-4-19(28)3-2-16(17)12-34/h2-6,8-9,13,15,21,34H,7,10-12,14H2,1H3,(H,29,30). The minimum atomic E-state index is -0.425. The minimum Gasteiger partial charge on any atom is -0.451 e. The van der Waals surface area contributed by atoms with Crippen LogP contribution in [0.2, 0.25) is 5.02 Å². The molecule has 0 radical (unpaired) electrons. The Hall–Kier alpha value is -3.73. The van der Waals surface area contributed by atoms with Gasteiger partial charge in [-0.3, -0.25) is 4.79 Å². The molecule has 0 bridgehead atoms. The van der Waals surface area contributed by atoms with E-state index in [9.17, 15) is 14.3 Å². The van der Waals surface area contributed by atoms with Gasteiger partial charge in [0, 0.05) is 43.7 Å². The average molecular weight is 526 g/mol. The van der Waals surface area contributed by atoms with Gasteiger partial charge in [-0.05, 0) is 35.4 Å². The third-order valence-electron chi connectivity index (χ3n) is 6.36. The number of methoxy groups -OCH3 is 1. The molecule has 9 nitrogen and oxygen atoms in total. The molecule has 1 amide bonds. The summed E-state index contributed by atoms with van der Waals surface area (Å²) in [5.41, 5.74) is 3.82. The van der Waals surface area contributed by atoms with Crippen LogP contribution in [0.15, 0.2) is 59.8 Å². The van der Waals surface area contributed by atoms with Crippen LogP contribution in [0, 0.1) is 5.82 Å². The second-order valence-corrected chi connectivity index (χ2v) is 9.17. The van der Waals surface area contributed by atoms with Crippen molar-refractivity contribution in [1.29, 1.82) is 0 Å². The van der Waals surface area contributed by atoms with Gasteiger partial charge in [0.25, 0.3) is 5.91 Å². The van der Waals surface area contributed by atoms with E-state index < -0.39 is 5.82 Å². The Morgan fingerprint density at radius 3 is 2.89 bits per heavy atom.